The minimum Gasteiger partial charge on any atom is -0.497 e. The molecule has 0 saturated heterocycles. The van der Waals surface area contributed by atoms with Crippen LogP contribution in [0.25, 0.3) is 4.85 Å². The van der Waals surface area contributed by atoms with E-state index in [2.05, 4.69) is 4.85 Å². The van der Waals surface area contributed by atoms with Crippen LogP contribution in [0.1, 0.15) is 5.56 Å². The lowest BCUT2D eigenvalue weighted by molar-refractivity contribution is 0.414. The molecule has 1 aromatic carbocycles. The van der Waals surface area contributed by atoms with Crippen molar-refractivity contribution in [1.82, 2.24) is 0 Å². The van der Waals surface area contributed by atoms with E-state index in [1.54, 1.807) is 7.11 Å². The van der Waals surface area contributed by atoms with Gasteiger partial charge in [0.25, 0.3) is 13.1 Å². The molecule has 0 aliphatic rings. The van der Waals surface area contributed by atoms with Crippen LogP contribution in [0.2, 0.25) is 0 Å². The molecule has 0 aromatic heterocycles. The number of hydrogen-bond acceptors (Lipinski definition) is 1. The van der Waals surface area contributed by atoms with Gasteiger partial charge in [-0.3, -0.25) is 0 Å². The third-order valence-corrected chi connectivity index (χ3v) is 1.43. The van der Waals surface area contributed by atoms with E-state index < -0.39 is 0 Å². The third-order valence-electron chi connectivity index (χ3n) is 1.43. The Morgan fingerprint density at radius 1 is 1.36 bits per heavy atom. The first-order chi connectivity index (χ1) is 5.36. The maximum Gasteiger partial charge on any atom is 0.288 e. The SMILES string of the molecule is C#[N+]Cc1ccc(OC)cc1. The second-order valence-corrected chi connectivity index (χ2v) is 2.19. The number of rotatable bonds is 2. The summed E-state index contributed by atoms with van der Waals surface area (Å²) in [6, 6.07) is 7.66. The van der Waals surface area contributed by atoms with Gasteiger partial charge < -0.3 is 4.74 Å². The van der Waals surface area contributed by atoms with E-state index in [9.17, 15) is 0 Å². The van der Waals surface area contributed by atoms with Crippen LogP contribution >= 0.6 is 0 Å². The van der Waals surface area contributed by atoms with Crippen molar-refractivity contribution >= 4 is 0 Å². The van der Waals surface area contributed by atoms with Gasteiger partial charge in [-0.2, -0.15) is 0 Å². The van der Waals surface area contributed by atoms with Gasteiger partial charge in [-0.05, 0) is 24.3 Å². The summed E-state index contributed by atoms with van der Waals surface area (Å²) in [7, 11) is 1.64. The highest BCUT2D eigenvalue weighted by molar-refractivity contribution is 5.27. The molecule has 0 amide bonds. The van der Waals surface area contributed by atoms with Crippen LogP contribution in [0.5, 0.6) is 5.75 Å². The first kappa shape index (κ1) is 7.62. The van der Waals surface area contributed by atoms with Crippen LogP contribution in [0, 0.1) is 6.57 Å². The molecule has 0 fully saturated rings. The highest BCUT2D eigenvalue weighted by Crippen LogP contribution is 2.11. The molecule has 0 saturated carbocycles. The Labute approximate surface area is 66.2 Å². The molecule has 11 heavy (non-hydrogen) atoms. The highest BCUT2D eigenvalue weighted by Gasteiger charge is 1.96. The van der Waals surface area contributed by atoms with Gasteiger partial charge in [-0.1, -0.05) is 4.85 Å². The standard InChI is InChI=1S/C9H10NO/c1-10-7-8-3-5-9(11-2)6-4-8/h1,3-6H,7H2,2H3/q+1. The molecule has 0 radical (unpaired) electrons. The summed E-state index contributed by atoms with van der Waals surface area (Å²) in [6.07, 6.45) is 0. The van der Waals surface area contributed by atoms with E-state index in [1.165, 1.54) is 0 Å². The third kappa shape index (κ3) is 1.98. The summed E-state index contributed by atoms with van der Waals surface area (Å²) in [6.45, 7) is 5.58. The van der Waals surface area contributed by atoms with Crippen molar-refractivity contribution < 1.29 is 4.74 Å². The quantitative estimate of drug-likeness (QED) is 0.626. The van der Waals surface area contributed by atoms with Crippen molar-refractivity contribution in [2.45, 2.75) is 6.54 Å². The van der Waals surface area contributed by atoms with Crippen molar-refractivity contribution in [2.75, 3.05) is 7.11 Å². The molecule has 56 valence electrons. The monoisotopic (exact) mass is 148 g/mol. The van der Waals surface area contributed by atoms with E-state index in [4.69, 9.17) is 11.3 Å². The smallest absolute Gasteiger partial charge is 0.288 e. The molecule has 1 rings (SSSR count). The Morgan fingerprint density at radius 3 is 2.45 bits per heavy atom. The molecule has 0 heterocycles. The van der Waals surface area contributed by atoms with Crippen LogP contribution in [-0.4, -0.2) is 7.11 Å². The molecule has 1 aromatic rings. The Morgan fingerprint density at radius 2 is 2.00 bits per heavy atom. The van der Waals surface area contributed by atoms with Gasteiger partial charge in [0.1, 0.15) is 5.75 Å². The van der Waals surface area contributed by atoms with E-state index in [1.807, 2.05) is 24.3 Å². The summed E-state index contributed by atoms with van der Waals surface area (Å²) in [5.74, 6) is 0.853. The Balaban J connectivity index is 2.76. The van der Waals surface area contributed by atoms with E-state index in [0.717, 1.165) is 11.3 Å². The van der Waals surface area contributed by atoms with Crippen molar-refractivity contribution in [2.24, 2.45) is 0 Å². The number of methoxy groups -OCH3 is 1. The topological polar surface area (TPSA) is 13.6 Å². The summed E-state index contributed by atoms with van der Waals surface area (Å²) >= 11 is 0. The second kappa shape index (κ2) is 3.62. The van der Waals surface area contributed by atoms with Gasteiger partial charge in [0.05, 0.1) is 7.11 Å². The molecule has 0 aliphatic carbocycles. The molecule has 2 heteroatoms. The Kier molecular flexibility index (Phi) is 2.51. The largest absolute Gasteiger partial charge is 0.497 e. The van der Waals surface area contributed by atoms with Gasteiger partial charge in [0.15, 0.2) is 0 Å². The fourth-order valence-corrected chi connectivity index (χ4v) is 0.836. The predicted octanol–water partition coefficient (Wildman–Crippen LogP) is 2.16. The molecule has 0 aliphatic heterocycles. The number of benzene rings is 1. The molecular formula is C9H10NO+. The lowest BCUT2D eigenvalue weighted by Gasteiger charge is -1.96. The van der Waals surface area contributed by atoms with Crippen LogP contribution in [0.4, 0.5) is 0 Å². The zero-order valence-corrected chi connectivity index (χ0v) is 6.45. The summed E-state index contributed by atoms with van der Waals surface area (Å²) in [5, 5.41) is 0. The molecule has 2 nitrogen and oxygen atoms in total. The second-order valence-electron chi connectivity index (χ2n) is 2.19. The fraction of sp³-hybridized carbons (Fsp3) is 0.222. The first-order valence-electron chi connectivity index (χ1n) is 3.36. The maximum absolute atomic E-state index is 5.02. The van der Waals surface area contributed by atoms with Gasteiger partial charge in [0, 0.05) is 5.56 Å². The zero-order valence-electron chi connectivity index (χ0n) is 6.45. The van der Waals surface area contributed by atoms with Gasteiger partial charge in [-0.15, -0.1) is 0 Å². The van der Waals surface area contributed by atoms with Gasteiger partial charge in [-0.25, -0.2) is 0 Å². The lowest BCUT2D eigenvalue weighted by Crippen LogP contribution is -1.83. The molecule has 0 unspecified atom stereocenters. The number of ether oxygens (including phenoxy) is 1. The summed E-state index contributed by atoms with van der Waals surface area (Å²) in [5.41, 5.74) is 1.09. The van der Waals surface area contributed by atoms with E-state index in [-0.39, 0.29) is 0 Å². The zero-order chi connectivity index (χ0) is 8.10. The average molecular weight is 148 g/mol. The fourth-order valence-electron chi connectivity index (χ4n) is 0.836. The number of hydrogen-bond donors (Lipinski definition) is 0. The maximum atomic E-state index is 5.02. The van der Waals surface area contributed by atoms with Gasteiger partial charge in [0.2, 0.25) is 0 Å². The lowest BCUT2D eigenvalue weighted by atomic mass is 10.2. The molecule has 0 bridgehead atoms. The molecule has 0 spiro atoms. The summed E-state index contributed by atoms with van der Waals surface area (Å²) in [4.78, 5) is 3.52. The van der Waals surface area contributed by atoms with Crippen molar-refractivity contribution in [3.05, 3.63) is 34.7 Å². The van der Waals surface area contributed by atoms with Crippen molar-refractivity contribution in [1.29, 1.82) is 0 Å². The predicted molar refractivity (Wildman–Crippen MR) is 45.0 cm³/mol. The van der Waals surface area contributed by atoms with Crippen LogP contribution < -0.4 is 4.74 Å². The molecule has 0 N–H and O–H groups in total. The Bertz CT molecular complexity index is 258. The Hall–Kier alpha value is -1.49. The highest BCUT2D eigenvalue weighted by atomic mass is 16.5. The van der Waals surface area contributed by atoms with E-state index in [0.29, 0.717) is 6.54 Å². The van der Waals surface area contributed by atoms with Crippen LogP contribution in [-0.2, 0) is 6.54 Å². The number of nitrogens with zero attached hydrogens (tertiary/aromatic N) is 1. The van der Waals surface area contributed by atoms with Crippen molar-refractivity contribution in [3.63, 3.8) is 0 Å². The minimum absolute atomic E-state index is 0.560. The van der Waals surface area contributed by atoms with Crippen molar-refractivity contribution in [3.8, 4) is 12.3 Å². The van der Waals surface area contributed by atoms with Gasteiger partial charge >= 0.3 is 0 Å². The van der Waals surface area contributed by atoms with E-state index >= 15 is 0 Å². The van der Waals surface area contributed by atoms with Crippen LogP contribution in [0.3, 0.4) is 0 Å². The molecular weight excluding hydrogens is 138 g/mol. The average Bonchev–Trinajstić information content (AvgIpc) is 2.07. The first-order valence-corrected chi connectivity index (χ1v) is 3.36. The van der Waals surface area contributed by atoms with Crippen LogP contribution in [0.15, 0.2) is 24.3 Å². The minimum atomic E-state index is 0.560. The normalized spacial score (nSPS) is 8.73. The molecule has 0 atom stereocenters. The summed E-state index contributed by atoms with van der Waals surface area (Å²) < 4.78 is 4.99.